The fourth-order valence-electron chi connectivity index (χ4n) is 1.02. The summed E-state index contributed by atoms with van der Waals surface area (Å²) in [5, 5.41) is 9.28. The van der Waals surface area contributed by atoms with Crippen LogP contribution in [0.2, 0.25) is 0 Å². The average Bonchev–Trinajstić information content (AvgIpc) is 2.18. The van der Waals surface area contributed by atoms with Crippen molar-refractivity contribution in [2.45, 2.75) is 13.0 Å². The summed E-state index contributed by atoms with van der Waals surface area (Å²) in [7, 11) is 0. The molecule has 0 amide bonds. The molecule has 0 aliphatic carbocycles. The van der Waals surface area contributed by atoms with Crippen molar-refractivity contribution in [3.63, 3.8) is 0 Å². The third-order valence-corrected chi connectivity index (χ3v) is 1.78. The number of benzene rings is 1. The second-order valence-electron chi connectivity index (χ2n) is 2.87. The zero-order chi connectivity index (χ0) is 9.68. The predicted octanol–water partition coefficient (Wildman–Crippen LogP) is 2.08. The van der Waals surface area contributed by atoms with Crippen LogP contribution >= 0.6 is 0 Å². The van der Waals surface area contributed by atoms with E-state index in [0.29, 0.717) is 0 Å². The molecule has 1 heteroatoms. The van der Waals surface area contributed by atoms with E-state index in [4.69, 9.17) is 6.42 Å². The maximum Gasteiger partial charge on any atom is 0.136 e. The lowest BCUT2D eigenvalue weighted by molar-refractivity contribution is 0.269. The highest BCUT2D eigenvalue weighted by Crippen LogP contribution is 2.08. The Hall–Kier alpha value is -1.52. The van der Waals surface area contributed by atoms with E-state index >= 15 is 0 Å². The van der Waals surface area contributed by atoms with Crippen LogP contribution in [0.5, 0.6) is 0 Å². The summed E-state index contributed by atoms with van der Waals surface area (Å²) in [6.45, 7) is 1.82. The topological polar surface area (TPSA) is 20.2 Å². The van der Waals surface area contributed by atoms with Crippen molar-refractivity contribution in [3.8, 4) is 12.3 Å². The van der Waals surface area contributed by atoms with E-state index in [9.17, 15) is 5.11 Å². The minimum absolute atomic E-state index is 0.778. The molecule has 0 radical (unpaired) electrons. The summed E-state index contributed by atoms with van der Waals surface area (Å²) >= 11 is 0. The molecule has 66 valence electrons. The van der Waals surface area contributed by atoms with E-state index in [1.807, 2.05) is 43.3 Å². The molecule has 13 heavy (non-hydrogen) atoms. The Labute approximate surface area is 78.7 Å². The second kappa shape index (κ2) is 4.49. The summed E-state index contributed by atoms with van der Waals surface area (Å²) in [5.41, 5.74) is 1.84. The van der Waals surface area contributed by atoms with E-state index in [1.54, 1.807) is 0 Å². The first-order chi connectivity index (χ1) is 6.24. The minimum atomic E-state index is -0.778. The molecule has 0 spiro atoms. The number of hydrogen-bond acceptors (Lipinski definition) is 1. The van der Waals surface area contributed by atoms with Crippen LogP contribution < -0.4 is 0 Å². The van der Waals surface area contributed by atoms with E-state index in [1.165, 1.54) is 0 Å². The molecule has 1 aromatic rings. The van der Waals surface area contributed by atoms with Crippen molar-refractivity contribution in [1.29, 1.82) is 0 Å². The van der Waals surface area contributed by atoms with Crippen LogP contribution in [0.1, 0.15) is 12.5 Å². The van der Waals surface area contributed by atoms with Gasteiger partial charge in [-0.1, -0.05) is 42.3 Å². The maximum atomic E-state index is 9.28. The van der Waals surface area contributed by atoms with Gasteiger partial charge in [-0.15, -0.1) is 6.42 Å². The van der Waals surface area contributed by atoms with E-state index in [-0.39, 0.29) is 0 Å². The zero-order valence-corrected chi connectivity index (χ0v) is 7.57. The molecule has 0 aliphatic rings. The Morgan fingerprint density at radius 2 is 2.08 bits per heavy atom. The van der Waals surface area contributed by atoms with Crippen molar-refractivity contribution in [2.24, 2.45) is 0 Å². The fourth-order valence-corrected chi connectivity index (χ4v) is 1.02. The first-order valence-corrected chi connectivity index (χ1v) is 4.11. The van der Waals surface area contributed by atoms with Crippen LogP contribution in [-0.4, -0.2) is 11.2 Å². The first-order valence-electron chi connectivity index (χ1n) is 4.11. The largest absolute Gasteiger partial charge is 0.376 e. The molecule has 1 nitrogen and oxygen atoms in total. The molecule has 0 aliphatic heterocycles. The van der Waals surface area contributed by atoms with Crippen LogP contribution in [0.3, 0.4) is 0 Å². The molecule has 0 saturated carbocycles. The van der Waals surface area contributed by atoms with E-state index < -0.39 is 6.10 Å². The van der Waals surface area contributed by atoms with E-state index in [2.05, 4.69) is 5.92 Å². The zero-order valence-electron chi connectivity index (χ0n) is 7.57. The first kappa shape index (κ1) is 9.57. The van der Waals surface area contributed by atoms with E-state index in [0.717, 1.165) is 11.1 Å². The van der Waals surface area contributed by atoms with Gasteiger partial charge in [0.25, 0.3) is 0 Å². The number of aliphatic hydroxyl groups is 1. The van der Waals surface area contributed by atoms with Crippen LogP contribution in [0.25, 0.3) is 6.08 Å². The van der Waals surface area contributed by atoms with Crippen LogP contribution in [0, 0.1) is 12.3 Å². The lowest BCUT2D eigenvalue weighted by Gasteiger charge is -2.02. The van der Waals surface area contributed by atoms with Gasteiger partial charge in [0.05, 0.1) is 0 Å². The van der Waals surface area contributed by atoms with Crippen molar-refractivity contribution < 1.29 is 5.11 Å². The third-order valence-electron chi connectivity index (χ3n) is 1.78. The number of terminal acetylenes is 1. The van der Waals surface area contributed by atoms with Gasteiger partial charge in [0.1, 0.15) is 6.10 Å². The summed E-state index contributed by atoms with van der Waals surface area (Å²) in [6, 6.07) is 9.77. The molecular weight excluding hydrogens is 160 g/mol. The van der Waals surface area contributed by atoms with Gasteiger partial charge < -0.3 is 5.11 Å². The maximum absolute atomic E-state index is 9.28. The molecular formula is C12H12O. The minimum Gasteiger partial charge on any atom is -0.376 e. The normalized spacial score (nSPS) is 13.5. The standard InChI is InChI=1S/C12H12O/c1-3-12(13)10(2)9-11-7-5-4-6-8-11/h1,4-9,12-13H,2H3/b10-9+/t12-/m1/s1. The number of hydrogen-bond donors (Lipinski definition) is 1. The molecule has 0 saturated heterocycles. The van der Waals surface area contributed by atoms with Crippen molar-refractivity contribution in [3.05, 3.63) is 41.5 Å². The third kappa shape index (κ3) is 2.77. The summed E-state index contributed by atoms with van der Waals surface area (Å²) in [4.78, 5) is 0. The lowest BCUT2D eigenvalue weighted by Crippen LogP contribution is -2.03. The molecule has 1 atom stereocenters. The van der Waals surface area contributed by atoms with Gasteiger partial charge in [-0.2, -0.15) is 0 Å². The van der Waals surface area contributed by atoms with Gasteiger partial charge in [0.2, 0.25) is 0 Å². The van der Waals surface area contributed by atoms with Crippen molar-refractivity contribution in [2.75, 3.05) is 0 Å². The molecule has 0 fully saturated rings. The Kier molecular flexibility index (Phi) is 3.31. The van der Waals surface area contributed by atoms with Gasteiger partial charge in [0, 0.05) is 0 Å². The fraction of sp³-hybridized carbons (Fsp3) is 0.167. The number of aliphatic hydroxyl groups excluding tert-OH is 1. The SMILES string of the molecule is C#C[C@@H](O)/C(C)=C/c1ccccc1. The monoisotopic (exact) mass is 172 g/mol. The second-order valence-corrected chi connectivity index (χ2v) is 2.87. The highest BCUT2D eigenvalue weighted by atomic mass is 16.3. The number of rotatable bonds is 2. The summed E-state index contributed by atoms with van der Waals surface area (Å²) in [5.74, 6) is 2.27. The van der Waals surface area contributed by atoms with Gasteiger partial charge >= 0.3 is 0 Å². The van der Waals surface area contributed by atoms with Crippen molar-refractivity contribution in [1.82, 2.24) is 0 Å². The van der Waals surface area contributed by atoms with Crippen LogP contribution in [0.4, 0.5) is 0 Å². The Balaban J connectivity index is 2.84. The van der Waals surface area contributed by atoms with Gasteiger partial charge in [-0.25, -0.2) is 0 Å². The highest BCUT2D eigenvalue weighted by molar-refractivity contribution is 5.53. The van der Waals surface area contributed by atoms with Crippen molar-refractivity contribution >= 4 is 6.08 Å². The molecule has 0 unspecified atom stereocenters. The quantitative estimate of drug-likeness (QED) is 0.677. The molecule has 1 N–H and O–H groups in total. The Bertz CT molecular complexity index is 330. The molecule has 1 aromatic carbocycles. The Morgan fingerprint density at radius 1 is 1.46 bits per heavy atom. The Morgan fingerprint density at radius 3 is 2.62 bits per heavy atom. The predicted molar refractivity (Wildman–Crippen MR) is 54.9 cm³/mol. The van der Waals surface area contributed by atoms with Gasteiger partial charge in [0.15, 0.2) is 0 Å². The highest BCUT2D eigenvalue weighted by Gasteiger charge is 1.99. The van der Waals surface area contributed by atoms with Gasteiger partial charge in [-0.05, 0) is 18.1 Å². The average molecular weight is 172 g/mol. The smallest absolute Gasteiger partial charge is 0.136 e. The lowest BCUT2D eigenvalue weighted by atomic mass is 10.1. The molecule has 0 bridgehead atoms. The molecule has 0 heterocycles. The summed E-state index contributed by atoms with van der Waals surface area (Å²) < 4.78 is 0. The molecule has 0 aromatic heterocycles. The van der Waals surface area contributed by atoms with Crippen LogP contribution in [0.15, 0.2) is 35.9 Å². The summed E-state index contributed by atoms with van der Waals surface area (Å²) in [6.07, 6.45) is 6.19. The van der Waals surface area contributed by atoms with Crippen LogP contribution in [-0.2, 0) is 0 Å². The molecule has 1 rings (SSSR count). The van der Waals surface area contributed by atoms with Gasteiger partial charge in [-0.3, -0.25) is 0 Å².